The Morgan fingerprint density at radius 2 is 2.24 bits per heavy atom. The van der Waals surface area contributed by atoms with Crippen molar-refractivity contribution in [3.8, 4) is 0 Å². The number of fused-ring (bicyclic) bond motifs is 2. The smallest absolute Gasteiger partial charge is 0.226 e. The van der Waals surface area contributed by atoms with Gasteiger partial charge in [0.15, 0.2) is 0 Å². The minimum absolute atomic E-state index is 0.0351. The van der Waals surface area contributed by atoms with Gasteiger partial charge in [-0.1, -0.05) is 6.42 Å². The lowest BCUT2D eigenvalue weighted by Gasteiger charge is -2.35. The summed E-state index contributed by atoms with van der Waals surface area (Å²) >= 11 is 5.81. The zero-order valence-corrected chi connectivity index (χ0v) is 10.9. The molecule has 0 N–H and O–H groups in total. The first-order valence-electron chi connectivity index (χ1n) is 6.74. The number of halogens is 1. The Balaban J connectivity index is 1.62. The van der Waals surface area contributed by atoms with Gasteiger partial charge in [-0.3, -0.25) is 4.79 Å². The Bertz CT molecular complexity index is 310. The fourth-order valence-corrected chi connectivity index (χ4v) is 3.98. The molecule has 4 atom stereocenters. The summed E-state index contributed by atoms with van der Waals surface area (Å²) in [5, 5.41) is 0. The van der Waals surface area contributed by atoms with E-state index in [1.807, 2.05) is 4.90 Å². The molecule has 17 heavy (non-hydrogen) atoms. The molecule has 3 fully saturated rings. The van der Waals surface area contributed by atoms with Gasteiger partial charge < -0.3 is 9.64 Å². The molecule has 2 saturated carbocycles. The van der Waals surface area contributed by atoms with Gasteiger partial charge in [0.2, 0.25) is 5.91 Å². The number of nitrogens with zero attached hydrogens (tertiary/aromatic N) is 1. The summed E-state index contributed by atoms with van der Waals surface area (Å²) in [6.45, 7) is 2.08. The maximum Gasteiger partial charge on any atom is 0.226 e. The van der Waals surface area contributed by atoms with Crippen molar-refractivity contribution < 1.29 is 9.53 Å². The molecule has 1 aliphatic heterocycles. The molecule has 4 heteroatoms. The quantitative estimate of drug-likeness (QED) is 0.707. The Morgan fingerprint density at radius 3 is 2.88 bits per heavy atom. The molecule has 96 valence electrons. The first-order chi connectivity index (χ1) is 8.28. The Kier molecular flexibility index (Phi) is 3.31. The van der Waals surface area contributed by atoms with Crippen LogP contribution in [0.2, 0.25) is 0 Å². The van der Waals surface area contributed by atoms with E-state index in [0.717, 1.165) is 18.9 Å². The highest BCUT2D eigenvalue weighted by molar-refractivity contribution is 6.18. The zero-order valence-electron chi connectivity index (χ0n) is 10.1. The van der Waals surface area contributed by atoms with E-state index in [1.54, 1.807) is 0 Å². The van der Waals surface area contributed by atoms with E-state index in [2.05, 4.69) is 0 Å². The molecular formula is C13H20ClNO2. The van der Waals surface area contributed by atoms with Gasteiger partial charge in [0, 0.05) is 19.0 Å². The zero-order chi connectivity index (χ0) is 11.8. The second kappa shape index (κ2) is 4.77. The minimum atomic E-state index is 0.0351. The summed E-state index contributed by atoms with van der Waals surface area (Å²) in [6.07, 6.45) is 5.08. The molecule has 0 aromatic heterocycles. The Morgan fingerprint density at radius 1 is 1.35 bits per heavy atom. The Hall–Kier alpha value is -0.280. The highest BCUT2D eigenvalue weighted by atomic mass is 35.5. The van der Waals surface area contributed by atoms with E-state index in [-0.39, 0.29) is 6.10 Å². The summed E-state index contributed by atoms with van der Waals surface area (Å²) in [5.74, 6) is 2.67. The van der Waals surface area contributed by atoms with Gasteiger partial charge in [0.1, 0.15) is 0 Å². The SMILES string of the molecule is O=C(C1CC2CCC1C2)N1CCOC(CCl)C1. The molecule has 3 nitrogen and oxygen atoms in total. The lowest BCUT2D eigenvalue weighted by Crippen LogP contribution is -2.49. The van der Waals surface area contributed by atoms with E-state index in [9.17, 15) is 4.79 Å². The van der Waals surface area contributed by atoms with Crippen molar-refractivity contribution in [3.63, 3.8) is 0 Å². The van der Waals surface area contributed by atoms with Crippen LogP contribution in [0, 0.1) is 17.8 Å². The molecular weight excluding hydrogens is 238 g/mol. The van der Waals surface area contributed by atoms with Gasteiger partial charge in [-0.05, 0) is 31.1 Å². The predicted molar refractivity (Wildman–Crippen MR) is 66.0 cm³/mol. The third kappa shape index (κ3) is 2.19. The van der Waals surface area contributed by atoms with Gasteiger partial charge in [0.05, 0.1) is 18.6 Å². The largest absolute Gasteiger partial charge is 0.373 e. The third-order valence-electron chi connectivity index (χ3n) is 4.68. The maximum absolute atomic E-state index is 12.5. The average molecular weight is 258 g/mol. The topological polar surface area (TPSA) is 29.5 Å². The highest BCUT2D eigenvalue weighted by Crippen LogP contribution is 2.48. The number of ether oxygens (including phenoxy) is 1. The first-order valence-corrected chi connectivity index (χ1v) is 7.27. The van der Waals surface area contributed by atoms with Crippen LogP contribution < -0.4 is 0 Å². The molecule has 1 amide bonds. The van der Waals surface area contributed by atoms with E-state index in [1.165, 1.54) is 19.3 Å². The molecule has 0 aromatic rings. The van der Waals surface area contributed by atoms with Crippen molar-refractivity contribution in [2.24, 2.45) is 17.8 Å². The van der Waals surface area contributed by atoms with E-state index < -0.39 is 0 Å². The lowest BCUT2D eigenvalue weighted by molar-refractivity contribution is -0.144. The molecule has 4 unspecified atom stereocenters. The second-order valence-electron chi connectivity index (χ2n) is 5.71. The standard InChI is InChI=1S/C13H20ClNO2/c14-7-11-8-15(3-4-17-11)13(16)12-6-9-1-2-10(12)5-9/h9-12H,1-8H2. The monoisotopic (exact) mass is 257 g/mol. The number of carbonyl (C=O) groups is 1. The average Bonchev–Trinajstić information content (AvgIpc) is 3.00. The predicted octanol–water partition coefficient (Wildman–Crippen LogP) is 1.89. The number of amides is 1. The van der Waals surface area contributed by atoms with Gasteiger partial charge in [-0.2, -0.15) is 0 Å². The molecule has 1 heterocycles. The minimum Gasteiger partial charge on any atom is -0.373 e. The third-order valence-corrected chi connectivity index (χ3v) is 5.02. The summed E-state index contributed by atoms with van der Waals surface area (Å²) in [5.41, 5.74) is 0. The highest BCUT2D eigenvalue weighted by Gasteiger charge is 2.44. The second-order valence-corrected chi connectivity index (χ2v) is 6.02. The fraction of sp³-hybridized carbons (Fsp3) is 0.923. The molecule has 0 radical (unpaired) electrons. The van der Waals surface area contributed by atoms with Crippen LogP contribution in [0.3, 0.4) is 0 Å². The van der Waals surface area contributed by atoms with Crippen molar-refractivity contribution in [2.75, 3.05) is 25.6 Å². The van der Waals surface area contributed by atoms with Crippen molar-refractivity contribution in [3.05, 3.63) is 0 Å². The molecule has 0 aromatic carbocycles. The van der Waals surface area contributed by atoms with E-state index in [4.69, 9.17) is 16.3 Å². The van der Waals surface area contributed by atoms with Crippen LogP contribution in [0.1, 0.15) is 25.7 Å². The van der Waals surface area contributed by atoms with Gasteiger partial charge >= 0.3 is 0 Å². The molecule has 2 bridgehead atoms. The van der Waals surface area contributed by atoms with Crippen LogP contribution >= 0.6 is 11.6 Å². The van der Waals surface area contributed by atoms with Crippen LogP contribution in [-0.4, -0.2) is 42.5 Å². The summed E-state index contributed by atoms with van der Waals surface area (Å²) < 4.78 is 5.51. The van der Waals surface area contributed by atoms with Gasteiger partial charge in [-0.15, -0.1) is 11.6 Å². The summed E-state index contributed by atoms with van der Waals surface area (Å²) in [4.78, 5) is 14.5. The Labute approximate surface area is 107 Å². The van der Waals surface area contributed by atoms with Gasteiger partial charge in [0.25, 0.3) is 0 Å². The molecule has 3 rings (SSSR count). The van der Waals surface area contributed by atoms with Crippen molar-refractivity contribution >= 4 is 17.5 Å². The number of carbonyl (C=O) groups excluding carboxylic acids is 1. The van der Waals surface area contributed by atoms with E-state index in [0.29, 0.717) is 36.8 Å². The summed E-state index contributed by atoms with van der Waals surface area (Å²) in [6, 6.07) is 0. The van der Waals surface area contributed by atoms with E-state index >= 15 is 0 Å². The number of alkyl halides is 1. The van der Waals surface area contributed by atoms with Crippen molar-refractivity contribution in [1.29, 1.82) is 0 Å². The summed E-state index contributed by atoms with van der Waals surface area (Å²) in [7, 11) is 0. The number of hydrogen-bond acceptors (Lipinski definition) is 2. The van der Waals surface area contributed by atoms with Crippen LogP contribution in [0.5, 0.6) is 0 Å². The van der Waals surface area contributed by atoms with Gasteiger partial charge in [-0.25, -0.2) is 0 Å². The lowest BCUT2D eigenvalue weighted by atomic mass is 9.87. The molecule has 0 spiro atoms. The van der Waals surface area contributed by atoms with Crippen LogP contribution in [0.15, 0.2) is 0 Å². The fourth-order valence-electron chi connectivity index (χ4n) is 3.79. The van der Waals surface area contributed by atoms with Crippen LogP contribution in [-0.2, 0) is 9.53 Å². The number of morpholine rings is 1. The first kappa shape index (κ1) is 11.8. The molecule has 3 aliphatic rings. The normalized spacial score (nSPS) is 40.9. The van der Waals surface area contributed by atoms with Crippen LogP contribution in [0.25, 0.3) is 0 Å². The van der Waals surface area contributed by atoms with Crippen molar-refractivity contribution in [2.45, 2.75) is 31.8 Å². The molecule has 2 aliphatic carbocycles. The maximum atomic E-state index is 12.5. The van der Waals surface area contributed by atoms with Crippen molar-refractivity contribution in [1.82, 2.24) is 4.90 Å². The number of rotatable bonds is 2. The molecule has 1 saturated heterocycles. The van der Waals surface area contributed by atoms with Crippen LogP contribution in [0.4, 0.5) is 0 Å². The number of hydrogen-bond donors (Lipinski definition) is 0.